The summed E-state index contributed by atoms with van der Waals surface area (Å²) in [6.07, 6.45) is -0.948. The molecule has 0 aliphatic carbocycles. The van der Waals surface area contributed by atoms with Gasteiger partial charge in [0.2, 0.25) is 14.3 Å². The molecule has 2 aliphatic rings. The zero-order valence-corrected chi connectivity index (χ0v) is 29.4. The summed E-state index contributed by atoms with van der Waals surface area (Å²) in [5.41, 5.74) is 2.11. The van der Waals surface area contributed by atoms with Gasteiger partial charge in [-0.3, -0.25) is 19.5 Å². The van der Waals surface area contributed by atoms with Crippen molar-refractivity contribution < 1.29 is 23.5 Å². The molecule has 0 saturated carbocycles. The molecule has 258 valence electrons. The molecule has 9 nitrogen and oxygen atoms in total. The number of nitrogens with zero attached hydrogens (tertiary/aromatic N) is 3. The monoisotopic (exact) mass is 692 g/mol. The Bertz CT molecular complexity index is 2110. The second kappa shape index (κ2) is 13.1. The van der Waals surface area contributed by atoms with Gasteiger partial charge < -0.3 is 23.8 Å². The number of rotatable bonds is 10. The van der Waals surface area contributed by atoms with Crippen molar-refractivity contribution in [2.24, 2.45) is 5.92 Å². The van der Waals surface area contributed by atoms with Crippen molar-refractivity contribution in [3.63, 3.8) is 0 Å². The molecule has 7 rings (SSSR count). The lowest BCUT2D eigenvalue weighted by Gasteiger charge is -2.31. The molecule has 4 aromatic carbocycles. The van der Waals surface area contributed by atoms with Crippen molar-refractivity contribution in [2.75, 3.05) is 18.1 Å². The van der Waals surface area contributed by atoms with E-state index in [1.54, 1.807) is 29.0 Å². The SMILES string of the molecule is C[C@H]1[C@H]([Si](C)(C)F)[C@@H](CC(=O)N(CCO)Cc2ccccc2)O[C@]12C(=O)N(Cc1cccc(-n3[nH]c4ccccc4c3=O)c1)c1ccccc12. The average molecular weight is 693 g/mol. The Morgan fingerprint density at radius 3 is 2.40 bits per heavy atom. The Morgan fingerprint density at radius 1 is 0.960 bits per heavy atom. The fourth-order valence-electron chi connectivity index (χ4n) is 8.09. The van der Waals surface area contributed by atoms with Crippen LogP contribution in [0.4, 0.5) is 9.80 Å². The zero-order valence-electron chi connectivity index (χ0n) is 28.4. The maximum Gasteiger partial charge on any atom is 0.279 e. The van der Waals surface area contributed by atoms with E-state index in [9.17, 15) is 19.5 Å². The minimum absolute atomic E-state index is 0.110. The number of carbonyl (C=O) groups is 2. The number of ether oxygens (including phenoxy) is 1. The lowest BCUT2D eigenvalue weighted by molar-refractivity contribution is -0.150. The summed E-state index contributed by atoms with van der Waals surface area (Å²) >= 11 is 0. The second-order valence-corrected chi connectivity index (χ2v) is 17.7. The first-order chi connectivity index (χ1) is 24.0. The number of aromatic nitrogens is 2. The minimum atomic E-state index is -3.50. The van der Waals surface area contributed by atoms with Crippen LogP contribution in [0, 0.1) is 5.92 Å². The minimum Gasteiger partial charge on any atom is -0.395 e. The average Bonchev–Trinajstić information content (AvgIpc) is 3.68. The van der Waals surface area contributed by atoms with E-state index in [0.29, 0.717) is 28.9 Å². The highest BCUT2D eigenvalue weighted by Gasteiger charge is 2.67. The number of hydrogen-bond acceptors (Lipinski definition) is 5. The van der Waals surface area contributed by atoms with E-state index in [4.69, 9.17) is 4.74 Å². The molecule has 3 heterocycles. The van der Waals surface area contributed by atoms with Crippen molar-refractivity contribution in [2.45, 2.75) is 56.8 Å². The smallest absolute Gasteiger partial charge is 0.279 e. The number of nitrogens with one attached hydrogen (secondary N) is 1. The molecular weight excluding hydrogens is 652 g/mol. The number of carbonyl (C=O) groups excluding carboxylic acids is 2. The maximum absolute atomic E-state index is 16.4. The van der Waals surface area contributed by atoms with Crippen molar-refractivity contribution in [3.8, 4) is 5.69 Å². The summed E-state index contributed by atoms with van der Waals surface area (Å²) in [6, 6.07) is 31.7. The molecule has 1 fully saturated rings. The first kappa shape index (κ1) is 33.6. The normalized spacial score (nSPS) is 21.7. The van der Waals surface area contributed by atoms with E-state index in [1.165, 1.54) is 4.68 Å². The standard InChI is InChI=1S/C39H41FN4O5Si/c1-26-36(50(2,3)40)34(23-35(46)42(20-21-45)24-27-12-5-4-6-13-27)49-39(26)31-17-8-10-19-33(31)43(38(39)48)25-28-14-11-15-29(22-28)44-37(47)30-16-7-9-18-32(30)41-44/h4-19,22,26,34,36,41,45H,20-21,23-25H2,1-3H3/t26-,34+,36-,39+/m0/s1. The number of aliphatic hydroxyl groups excluding tert-OH is 1. The molecule has 1 aromatic heterocycles. The van der Waals surface area contributed by atoms with E-state index < -0.39 is 31.6 Å². The third-order valence-corrected chi connectivity index (χ3v) is 12.7. The van der Waals surface area contributed by atoms with E-state index in [0.717, 1.165) is 16.6 Å². The van der Waals surface area contributed by atoms with Crippen molar-refractivity contribution in [1.82, 2.24) is 14.7 Å². The zero-order chi connectivity index (χ0) is 35.2. The Hall–Kier alpha value is -4.84. The number of benzene rings is 4. The molecule has 4 atom stereocenters. The van der Waals surface area contributed by atoms with E-state index in [2.05, 4.69) is 5.10 Å². The maximum atomic E-state index is 16.4. The number of para-hydroxylation sites is 2. The van der Waals surface area contributed by atoms with Gasteiger partial charge in [-0.2, -0.15) is 0 Å². The summed E-state index contributed by atoms with van der Waals surface area (Å²) in [7, 11) is -3.50. The molecule has 50 heavy (non-hydrogen) atoms. The highest BCUT2D eigenvalue weighted by atomic mass is 28.4. The first-order valence-electron chi connectivity index (χ1n) is 17.0. The third-order valence-electron chi connectivity index (χ3n) is 10.3. The van der Waals surface area contributed by atoms with Gasteiger partial charge in [0.05, 0.1) is 48.0 Å². The molecular formula is C39H41FN4O5Si. The summed E-state index contributed by atoms with van der Waals surface area (Å²) in [5.74, 6) is -1.11. The molecule has 2 aliphatic heterocycles. The predicted molar refractivity (Wildman–Crippen MR) is 193 cm³/mol. The lowest BCUT2D eigenvalue weighted by atomic mass is 9.82. The van der Waals surface area contributed by atoms with Crippen LogP contribution in [0.2, 0.25) is 18.6 Å². The van der Waals surface area contributed by atoms with Gasteiger partial charge in [0.1, 0.15) is 0 Å². The molecule has 0 radical (unpaired) electrons. The Labute approximate surface area is 291 Å². The van der Waals surface area contributed by atoms with Gasteiger partial charge in [-0.1, -0.05) is 79.7 Å². The van der Waals surface area contributed by atoms with Crippen LogP contribution in [0.3, 0.4) is 0 Å². The van der Waals surface area contributed by atoms with E-state index >= 15 is 4.11 Å². The van der Waals surface area contributed by atoms with Gasteiger partial charge in [-0.05, 0) is 54.6 Å². The van der Waals surface area contributed by atoms with Crippen LogP contribution in [0.25, 0.3) is 16.6 Å². The van der Waals surface area contributed by atoms with Gasteiger partial charge >= 0.3 is 0 Å². The molecule has 11 heteroatoms. The van der Waals surface area contributed by atoms with Gasteiger partial charge in [0.15, 0.2) is 5.60 Å². The number of anilines is 1. The number of aliphatic hydroxyl groups is 1. The molecule has 0 bridgehead atoms. The Balaban J connectivity index is 1.20. The fraction of sp³-hybridized carbons (Fsp3) is 0.308. The van der Waals surface area contributed by atoms with Crippen LogP contribution >= 0.6 is 0 Å². The lowest BCUT2D eigenvalue weighted by Crippen LogP contribution is -2.45. The van der Waals surface area contributed by atoms with Gasteiger partial charge in [-0.25, -0.2) is 4.68 Å². The first-order valence-corrected chi connectivity index (χ1v) is 20.0. The summed E-state index contributed by atoms with van der Waals surface area (Å²) in [5, 5.41) is 13.5. The predicted octanol–water partition coefficient (Wildman–Crippen LogP) is 6.05. The van der Waals surface area contributed by atoms with Crippen molar-refractivity contribution in [1.29, 1.82) is 0 Å². The quantitative estimate of drug-likeness (QED) is 0.137. The van der Waals surface area contributed by atoms with Gasteiger partial charge in [0.25, 0.3) is 11.5 Å². The fourth-order valence-corrected chi connectivity index (χ4v) is 10.6. The summed E-state index contributed by atoms with van der Waals surface area (Å²) in [4.78, 5) is 45.1. The number of aromatic amines is 1. The Kier molecular flexibility index (Phi) is 8.83. The van der Waals surface area contributed by atoms with Crippen LogP contribution in [0.15, 0.2) is 108 Å². The van der Waals surface area contributed by atoms with Gasteiger partial charge in [0, 0.05) is 30.1 Å². The third kappa shape index (κ3) is 5.78. The Morgan fingerprint density at radius 2 is 1.66 bits per heavy atom. The van der Waals surface area contributed by atoms with Crippen LogP contribution in [-0.4, -0.2) is 59.3 Å². The number of hydrogen-bond donors (Lipinski definition) is 2. The molecule has 5 aromatic rings. The summed E-state index contributed by atoms with van der Waals surface area (Å²) in [6.45, 7) is 5.51. The van der Waals surface area contributed by atoms with Crippen LogP contribution in [0.5, 0.6) is 0 Å². The topological polar surface area (TPSA) is 108 Å². The van der Waals surface area contributed by atoms with Crippen LogP contribution in [0.1, 0.15) is 30.0 Å². The summed E-state index contributed by atoms with van der Waals surface area (Å²) < 4.78 is 24.7. The van der Waals surface area contributed by atoms with Gasteiger partial charge in [-0.15, -0.1) is 0 Å². The highest BCUT2D eigenvalue weighted by Crippen LogP contribution is 2.60. The molecule has 0 unspecified atom stereocenters. The number of halogens is 1. The van der Waals surface area contributed by atoms with E-state index in [1.807, 2.05) is 104 Å². The molecule has 2 amide bonds. The number of amides is 2. The second-order valence-electron chi connectivity index (χ2n) is 13.9. The van der Waals surface area contributed by atoms with Crippen LogP contribution in [-0.2, 0) is 33.0 Å². The van der Waals surface area contributed by atoms with Crippen molar-refractivity contribution >= 4 is 36.8 Å². The molecule has 1 spiro atoms. The highest BCUT2D eigenvalue weighted by molar-refractivity contribution is 6.72. The number of fused-ring (bicyclic) bond motifs is 3. The van der Waals surface area contributed by atoms with Crippen LogP contribution < -0.4 is 10.5 Å². The number of H-pyrrole nitrogens is 1. The molecule has 1 saturated heterocycles. The molecule has 2 N–H and O–H groups in total. The van der Waals surface area contributed by atoms with E-state index in [-0.39, 0.29) is 43.5 Å². The van der Waals surface area contributed by atoms with Crippen molar-refractivity contribution in [3.05, 3.63) is 130 Å². The largest absolute Gasteiger partial charge is 0.395 e.